The number of piperidine rings is 1. The average Bonchev–Trinajstić information content (AvgIpc) is 3.29. The van der Waals surface area contributed by atoms with Crippen molar-refractivity contribution < 1.29 is 54.8 Å². The predicted molar refractivity (Wildman–Crippen MR) is 198 cm³/mol. The van der Waals surface area contributed by atoms with Crippen molar-refractivity contribution in [1.82, 2.24) is 14.4 Å². The fourth-order valence-electron chi connectivity index (χ4n) is 5.62. The van der Waals surface area contributed by atoms with Gasteiger partial charge in [-0.05, 0) is 66.2 Å². The lowest BCUT2D eigenvalue weighted by atomic mass is 9.98. The van der Waals surface area contributed by atoms with Crippen molar-refractivity contribution >= 4 is 28.6 Å². The summed E-state index contributed by atoms with van der Waals surface area (Å²) in [5.41, 5.74) is -8.29. The number of ether oxygens (including phenoxy) is 1. The molecule has 2 heterocycles. The van der Waals surface area contributed by atoms with Crippen LogP contribution in [0.3, 0.4) is 0 Å². The lowest BCUT2D eigenvalue weighted by molar-refractivity contribution is -0.138. The number of fused-ring (bicyclic) bond motifs is 1. The van der Waals surface area contributed by atoms with Crippen LogP contribution in [0.25, 0.3) is 22.0 Å². The minimum atomic E-state index is -5.21. The quantitative estimate of drug-likeness (QED) is 0.0940. The molecule has 278 valence electrons. The van der Waals surface area contributed by atoms with E-state index < -0.39 is 194 Å². The van der Waals surface area contributed by atoms with Crippen molar-refractivity contribution in [3.05, 3.63) is 135 Å². The van der Waals surface area contributed by atoms with Gasteiger partial charge >= 0.3 is 6.18 Å². The van der Waals surface area contributed by atoms with Crippen molar-refractivity contribution in [2.24, 2.45) is 0 Å². The number of hydrogen-bond donors (Lipinski definition) is 0. The minimum absolute atomic E-state index is 0.0366. The van der Waals surface area contributed by atoms with Gasteiger partial charge in [-0.1, -0.05) is 60.4 Å². The number of hydrogen-bond acceptors (Lipinski definition) is 5. The van der Waals surface area contributed by atoms with Gasteiger partial charge in [-0.15, -0.1) is 11.8 Å². The summed E-state index contributed by atoms with van der Waals surface area (Å²) in [5, 5.41) is -1.47. The van der Waals surface area contributed by atoms with E-state index in [9.17, 15) is 25.1 Å². The van der Waals surface area contributed by atoms with E-state index in [1.54, 1.807) is 0 Å². The average molecular weight is 767 g/mol. The maximum absolute atomic E-state index is 15.3. The molecule has 1 aliphatic heterocycles. The van der Waals surface area contributed by atoms with Gasteiger partial charge < -0.3 is 19.1 Å². The van der Waals surface area contributed by atoms with Gasteiger partial charge in [0.2, 0.25) is 5.91 Å². The molecular weight excluding hydrogens is 710 g/mol. The maximum Gasteiger partial charge on any atom is 0.416 e. The van der Waals surface area contributed by atoms with Crippen LogP contribution in [0.2, 0.25) is 0 Å². The van der Waals surface area contributed by atoms with E-state index in [1.165, 1.54) is 7.11 Å². The molecular formula is C41H40F5N3O3S. The van der Waals surface area contributed by atoms with Crippen LogP contribution in [-0.2, 0) is 34.5 Å². The van der Waals surface area contributed by atoms with Gasteiger partial charge in [0.25, 0.3) is 0 Å². The van der Waals surface area contributed by atoms with Gasteiger partial charge in [0.15, 0.2) is 17.1 Å². The maximum atomic E-state index is 15.3. The molecule has 0 atom stereocenters. The zero-order chi connectivity index (χ0) is 52.5. The number of para-hydroxylation sites is 1. The van der Waals surface area contributed by atoms with E-state index in [0.717, 1.165) is 11.5 Å². The number of carbonyl (C=O) groups is 1. The van der Waals surface area contributed by atoms with E-state index in [4.69, 9.17) is 25.3 Å². The Kier molecular flexibility index (Phi) is 6.91. The molecule has 0 radical (unpaired) electrons. The molecule has 6 rings (SSSR count). The van der Waals surface area contributed by atoms with Crippen LogP contribution in [0.5, 0.6) is 0 Å². The lowest BCUT2D eigenvalue weighted by Gasteiger charge is -2.39. The van der Waals surface area contributed by atoms with Crippen LogP contribution >= 0.6 is 11.8 Å². The number of aromatic nitrogens is 1. The Morgan fingerprint density at radius 3 is 2.42 bits per heavy atom. The van der Waals surface area contributed by atoms with Crippen LogP contribution in [0.15, 0.2) is 100 Å². The van der Waals surface area contributed by atoms with Crippen LogP contribution in [0.4, 0.5) is 22.0 Å². The van der Waals surface area contributed by atoms with Crippen molar-refractivity contribution in [2.75, 3.05) is 33.4 Å². The fraction of sp³-hybridized carbons (Fsp3) is 0.317. The SMILES string of the molecule is [2H]c1c([2H])c(F)c(F)c(CSc2c([2H])c(=O)c3c([2H])c([2H])c([2H])c([2H])c3n2CC(=O)N(C2CCN(CCOC)CC2)C([2H])([2H])c2c([2H])c([2H])c(-c3c([2H])c([2H])c(C(F)(F)F)c(C)c3[2H])c([2H])c2[2H])c1[2H]. The fourth-order valence-corrected chi connectivity index (χ4v) is 6.58. The number of halogens is 5. The summed E-state index contributed by atoms with van der Waals surface area (Å²) < 4.78 is 225. The molecule has 1 aromatic heterocycles. The van der Waals surface area contributed by atoms with E-state index >= 15 is 9.18 Å². The van der Waals surface area contributed by atoms with Gasteiger partial charge in [-0.25, -0.2) is 8.78 Å². The Balaban J connectivity index is 1.59. The summed E-state index contributed by atoms with van der Waals surface area (Å²) in [5.74, 6) is -5.73. The summed E-state index contributed by atoms with van der Waals surface area (Å²) in [6.07, 6.45) is -5.28. The number of methoxy groups -OCH3 is 1. The molecule has 0 spiro atoms. The van der Waals surface area contributed by atoms with Crippen LogP contribution in [0.1, 0.15) is 58.4 Å². The number of pyridine rings is 1. The lowest BCUT2D eigenvalue weighted by Crippen LogP contribution is -2.48. The molecule has 0 aliphatic carbocycles. The molecule has 1 aliphatic rings. The molecule has 53 heavy (non-hydrogen) atoms. The highest BCUT2D eigenvalue weighted by molar-refractivity contribution is 7.98. The zero-order valence-electron chi connectivity index (χ0n) is 45.1. The van der Waals surface area contributed by atoms with Crippen molar-refractivity contribution in [2.45, 2.75) is 55.8 Å². The molecule has 5 aromatic rings. The van der Waals surface area contributed by atoms with Crippen LogP contribution < -0.4 is 5.43 Å². The number of rotatable bonds is 12. The minimum Gasteiger partial charge on any atom is -0.383 e. The van der Waals surface area contributed by atoms with E-state index in [2.05, 4.69) is 0 Å². The Bertz CT molecular complexity index is 2970. The number of benzene rings is 4. The van der Waals surface area contributed by atoms with Crippen molar-refractivity contribution in [3.63, 3.8) is 0 Å². The summed E-state index contributed by atoms with van der Waals surface area (Å²) in [7, 11) is 1.46. The molecule has 12 heteroatoms. The number of carbonyl (C=O) groups excluding carboxylic acids is 1. The van der Waals surface area contributed by atoms with Gasteiger partial charge in [0.1, 0.15) is 6.54 Å². The monoisotopic (exact) mass is 766 g/mol. The number of alkyl halides is 3. The third kappa shape index (κ3) is 9.00. The summed E-state index contributed by atoms with van der Waals surface area (Å²) in [6.45, 7) is -2.81. The summed E-state index contributed by atoms with van der Waals surface area (Å²) in [4.78, 5) is 31.5. The number of nitrogens with zero attached hydrogens (tertiary/aromatic N) is 3. The highest BCUT2D eigenvalue weighted by Gasteiger charge is 2.32. The normalized spacial score (nSPS) is 19.0. The smallest absolute Gasteiger partial charge is 0.383 e. The molecule has 1 amide bonds. The topological polar surface area (TPSA) is 54.8 Å². The molecule has 1 fully saturated rings. The Labute approximate surface area is 333 Å². The standard InChI is InChI=1S/C41H40F5N3O3S/c1-27-22-30(14-15-34(27)41(44,45)46)29-12-10-28(11-13-29)24-48(32-16-18-47(19-17-32)20-21-52-2)38(51)25-49-36-9-4-3-7-33(36)37(50)23-39(49)53-26-31-6-5-8-35(42)40(31)43/h3-15,22-23,32H,16-21,24-26H2,1-2H3/i3D,4D,5D,6D,7D,8D,9D,10D,11D,12D,13D,14D,15D,22D,23D,24D2. The van der Waals surface area contributed by atoms with Gasteiger partial charge in [0.05, 0.1) is 46.0 Å². The summed E-state index contributed by atoms with van der Waals surface area (Å²) >= 11 is 0.300. The molecule has 0 bridgehead atoms. The van der Waals surface area contributed by atoms with Crippen LogP contribution in [-0.4, -0.2) is 59.7 Å². The first-order valence-electron chi connectivity index (χ1n) is 24.5. The van der Waals surface area contributed by atoms with Crippen molar-refractivity contribution in [1.29, 1.82) is 0 Å². The predicted octanol–water partition coefficient (Wildman–Crippen LogP) is 8.71. The number of amides is 1. The Morgan fingerprint density at radius 1 is 0.981 bits per heavy atom. The first kappa shape index (κ1) is 22.0. The van der Waals surface area contributed by atoms with Gasteiger partial charge in [-0.3, -0.25) is 9.59 Å². The number of likely N-dealkylation sites (tertiary alicyclic amines) is 1. The molecule has 0 saturated carbocycles. The molecule has 0 unspecified atom stereocenters. The number of thioether (sulfide) groups is 1. The van der Waals surface area contributed by atoms with E-state index in [1.807, 2.05) is 4.90 Å². The second-order valence-corrected chi connectivity index (χ2v) is 12.7. The van der Waals surface area contributed by atoms with Crippen molar-refractivity contribution in [3.8, 4) is 11.1 Å². The van der Waals surface area contributed by atoms with E-state index in [0.29, 0.717) is 23.2 Å². The van der Waals surface area contributed by atoms with Gasteiger partial charge in [0, 0.05) is 62.0 Å². The second-order valence-electron chi connectivity index (χ2n) is 11.8. The third-order valence-electron chi connectivity index (χ3n) is 8.31. The highest BCUT2D eigenvalue weighted by Crippen LogP contribution is 2.34. The zero-order valence-corrected chi connectivity index (χ0v) is 28.9. The molecule has 1 saturated heterocycles. The molecule has 4 aromatic carbocycles. The first-order chi connectivity index (χ1) is 32.5. The van der Waals surface area contributed by atoms with Gasteiger partial charge in [-0.2, -0.15) is 13.2 Å². The molecule has 6 nitrogen and oxygen atoms in total. The first-order valence-corrected chi connectivity index (χ1v) is 17.0. The largest absolute Gasteiger partial charge is 0.416 e. The molecule has 0 N–H and O–H groups in total. The Hall–Kier alpha value is -4.52. The van der Waals surface area contributed by atoms with Crippen LogP contribution in [0, 0.1) is 18.6 Å². The van der Waals surface area contributed by atoms with E-state index in [-0.39, 0.29) is 32.5 Å². The summed E-state index contributed by atoms with van der Waals surface area (Å²) in [6, 6.07) is -17.7. The third-order valence-corrected chi connectivity index (χ3v) is 9.34. The Morgan fingerprint density at radius 2 is 1.70 bits per heavy atom. The highest BCUT2D eigenvalue weighted by atomic mass is 32.2. The second kappa shape index (κ2) is 16.7.